The van der Waals surface area contributed by atoms with Crippen molar-refractivity contribution in [1.82, 2.24) is 9.29 Å². The third-order valence-corrected chi connectivity index (χ3v) is 5.29. The van der Waals surface area contributed by atoms with Crippen LogP contribution in [0.25, 0.3) is 0 Å². The van der Waals surface area contributed by atoms with Crippen LogP contribution in [0.4, 0.5) is 5.69 Å². The monoisotopic (exact) mass is 299 g/mol. The van der Waals surface area contributed by atoms with E-state index in [0.717, 1.165) is 12.8 Å². The Morgan fingerprint density at radius 3 is 2.75 bits per heavy atom. The maximum atomic E-state index is 12.6. The molecule has 0 radical (unpaired) electrons. The van der Waals surface area contributed by atoms with Crippen molar-refractivity contribution in [3.8, 4) is 0 Å². The molecule has 0 amide bonds. The molecule has 2 rings (SSSR count). The summed E-state index contributed by atoms with van der Waals surface area (Å²) >= 11 is 0. The normalized spacial score (nSPS) is 18.1. The molecule has 0 bridgehead atoms. The molecule has 7 heteroatoms. The Bertz CT molecular complexity index is 540. The molecule has 1 aromatic rings. The fourth-order valence-corrected chi connectivity index (χ4v) is 3.96. The zero-order valence-corrected chi connectivity index (χ0v) is 12.7. The zero-order valence-electron chi connectivity index (χ0n) is 11.9. The van der Waals surface area contributed by atoms with Gasteiger partial charge in [-0.05, 0) is 31.9 Å². The van der Waals surface area contributed by atoms with Crippen molar-refractivity contribution >= 4 is 15.7 Å². The lowest BCUT2D eigenvalue weighted by Crippen LogP contribution is -2.41. The molecule has 6 nitrogen and oxygen atoms in total. The molecule has 0 aromatic carbocycles. The zero-order chi connectivity index (χ0) is 14.6. The van der Waals surface area contributed by atoms with Gasteiger partial charge in [-0.1, -0.05) is 0 Å². The Balaban J connectivity index is 2.16. The highest BCUT2D eigenvalue weighted by molar-refractivity contribution is 7.89. The second kappa shape index (κ2) is 6.51. The summed E-state index contributed by atoms with van der Waals surface area (Å²) in [5.74, 6) is 0. The number of pyridine rings is 1. The molecule has 1 saturated heterocycles. The van der Waals surface area contributed by atoms with Crippen molar-refractivity contribution < 1.29 is 13.2 Å². The maximum Gasteiger partial charge on any atom is 0.262 e. The summed E-state index contributed by atoms with van der Waals surface area (Å²) in [6.45, 7) is 3.58. The highest BCUT2D eigenvalue weighted by Gasteiger charge is 2.31. The largest absolute Gasteiger partial charge is 0.386 e. The molecule has 20 heavy (non-hydrogen) atoms. The van der Waals surface area contributed by atoms with E-state index in [1.54, 1.807) is 19.2 Å². The third-order valence-electron chi connectivity index (χ3n) is 3.43. The number of rotatable bonds is 5. The molecular formula is C13H21N3O3S. The van der Waals surface area contributed by atoms with Crippen molar-refractivity contribution in [2.75, 3.05) is 32.1 Å². The first-order valence-electron chi connectivity index (χ1n) is 6.84. The van der Waals surface area contributed by atoms with Gasteiger partial charge in [-0.3, -0.25) is 0 Å². The maximum absolute atomic E-state index is 12.6. The van der Waals surface area contributed by atoms with Crippen LogP contribution in [-0.2, 0) is 14.8 Å². The minimum atomic E-state index is -3.54. The van der Waals surface area contributed by atoms with Gasteiger partial charge < -0.3 is 10.1 Å². The molecule has 0 spiro atoms. The number of ether oxygens (including phenoxy) is 1. The van der Waals surface area contributed by atoms with E-state index in [1.165, 1.54) is 10.5 Å². The average Bonchev–Trinajstić information content (AvgIpc) is 2.48. The third kappa shape index (κ3) is 3.11. The molecule has 1 fully saturated rings. The van der Waals surface area contributed by atoms with Gasteiger partial charge in [-0.25, -0.2) is 13.4 Å². The average molecular weight is 299 g/mol. The summed E-state index contributed by atoms with van der Waals surface area (Å²) in [7, 11) is -1.85. The summed E-state index contributed by atoms with van der Waals surface area (Å²) in [4.78, 5) is 4.03. The SMILES string of the molecule is CCOC1CCN(S(=O)(=O)c2ncccc2NC)CC1. The van der Waals surface area contributed by atoms with E-state index in [1.807, 2.05) is 6.92 Å². The first-order valence-corrected chi connectivity index (χ1v) is 8.28. The van der Waals surface area contributed by atoms with Crippen molar-refractivity contribution in [1.29, 1.82) is 0 Å². The molecule has 112 valence electrons. The van der Waals surface area contributed by atoms with Crippen LogP contribution < -0.4 is 5.32 Å². The van der Waals surface area contributed by atoms with Crippen LogP contribution >= 0.6 is 0 Å². The minimum absolute atomic E-state index is 0.0948. The fraction of sp³-hybridized carbons (Fsp3) is 0.615. The lowest BCUT2D eigenvalue weighted by Gasteiger charge is -2.30. The Morgan fingerprint density at radius 1 is 1.45 bits per heavy atom. The predicted octanol–water partition coefficient (Wildman–Crippen LogP) is 1.31. The molecule has 2 heterocycles. The standard InChI is InChI=1S/C13H21N3O3S/c1-3-19-11-6-9-16(10-7-11)20(17,18)13-12(14-2)5-4-8-15-13/h4-5,8,11,14H,3,6-7,9-10H2,1-2H3. The van der Waals surface area contributed by atoms with Gasteiger partial charge in [-0.15, -0.1) is 0 Å². The molecule has 1 aliphatic rings. The Morgan fingerprint density at radius 2 is 2.15 bits per heavy atom. The first-order chi connectivity index (χ1) is 9.59. The van der Waals surface area contributed by atoms with E-state index in [9.17, 15) is 8.42 Å². The molecule has 0 saturated carbocycles. The van der Waals surface area contributed by atoms with Crippen LogP contribution in [0.5, 0.6) is 0 Å². The van der Waals surface area contributed by atoms with Gasteiger partial charge in [0, 0.05) is 32.9 Å². The molecule has 0 atom stereocenters. The van der Waals surface area contributed by atoms with Crippen LogP contribution in [0.15, 0.2) is 23.4 Å². The molecule has 1 aliphatic heterocycles. The van der Waals surface area contributed by atoms with Gasteiger partial charge in [0.05, 0.1) is 11.8 Å². The summed E-state index contributed by atoms with van der Waals surface area (Å²) in [6, 6.07) is 3.43. The number of nitrogens with zero attached hydrogens (tertiary/aromatic N) is 2. The number of hydrogen-bond donors (Lipinski definition) is 1. The van der Waals surface area contributed by atoms with Crippen molar-refractivity contribution in [3.05, 3.63) is 18.3 Å². The van der Waals surface area contributed by atoms with E-state index < -0.39 is 10.0 Å². The number of aromatic nitrogens is 1. The van der Waals surface area contributed by atoms with Gasteiger partial charge in [0.15, 0.2) is 5.03 Å². The minimum Gasteiger partial charge on any atom is -0.386 e. The van der Waals surface area contributed by atoms with Gasteiger partial charge in [0.2, 0.25) is 0 Å². The topological polar surface area (TPSA) is 71.5 Å². The van der Waals surface area contributed by atoms with Crippen LogP contribution in [0.3, 0.4) is 0 Å². The lowest BCUT2D eigenvalue weighted by molar-refractivity contribution is 0.0290. The number of piperidine rings is 1. The highest BCUT2D eigenvalue weighted by Crippen LogP contribution is 2.25. The van der Waals surface area contributed by atoms with E-state index in [0.29, 0.717) is 25.4 Å². The molecule has 0 aliphatic carbocycles. The number of anilines is 1. The molecule has 1 N–H and O–H groups in total. The van der Waals surface area contributed by atoms with Gasteiger partial charge >= 0.3 is 0 Å². The Hall–Kier alpha value is -1.18. The summed E-state index contributed by atoms with van der Waals surface area (Å²) in [5, 5.41) is 2.97. The van der Waals surface area contributed by atoms with E-state index in [2.05, 4.69) is 10.3 Å². The first kappa shape index (κ1) is 15.2. The van der Waals surface area contributed by atoms with E-state index >= 15 is 0 Å². The molecular weight excluding hydrogens is 278 g/mol. The second-order valence-corrected chi connectivity index (χ2v) is 6.52. The highest BCUT2D eigenvalue weighted by atomic mass is 32.2. The fourth-order valence-electron chi connectivity index (χ4n) is 2.38. The lowest BCUT2D eigenvalue weighted by atomic mass is 10.1. The quantitative estimate of drug-likeness (QED) is 0.887. The second-order valence-electron chi connectivity index (χ2n) is 4.66. The van der Waals surface area contributed by atoms with Gasteiger partial charge in [0.25, 0.3) is 10.0 Å². The number of nitrogens with one attached hydrogen (secondary N) is 1. The molecule has 0 unspecified atom stereocenters. The van der Waals surface area contributed by atoms with Crippen molar-refractivity contribution in [2.45, 2.75) is 30.9 Å². The van der Waals surface area contributed by atoms with Crippen molar-refractivity contribution in [3.63, 3.8) is 0 Å². The number of sulfonamides is 1. The van der Waals surface area contributed by atoms with Crippen LogP contribution in [-0.4, -0.2) is 50.6 Å². The van der Waals surface area contributed by atoms with Gasteiger partial charge in [0.1, 0.15) is 0 Å². The summed E-state index contributed by atoms with van der Waals surface area (Å²) in [5.41, 5.74) is 0.527. The summed E-state index contributed by atoms with van der Waals surface area (Å²) in [6.07, 6.45) is 3.13. The van der Waals surface area contributed by atoms with Gasteiger partial charge in [-0.2, -0.15) is 4.31 Å². The number of hydrogen-bond acceptors (Lipinski definition) is 5. The van der Waals surface area contributed by atoms with Crippen LogP contribution in [0.2, 0.25) is 0 Å². The smallest absolute Gasteiger partial charge is 0.262 e. The predicted molar refractivity (Wildman–Crippen MR) is 77.2 cm³/mol. The van der Waals surface area contributed by atoms with Crippen molar-refractivity contribution in [2.24, 2.45) is 0 Å². The van der Waals surface area contributed by atoms with Crippen LogP contribution in [0, 0.1) is 0 Å². The van der Waals surface area contributed by atoms with E-state index in [4.69, 9.17) is 4.74 Å². The summed E-state index contributed by atoms with van der Waals surface area (Å²) < 4.78 is 32.3. The van der Waals surface area contributed by atoms with E-state index in [-0.39, 0.29) is 11.1 Å². The Labute approximate surface area is 120 Å². The Kier molecular flexibility index (Phi) is 4.95. The van der Waals surface area contributed by atoms with Crippen LogP contribution in [0.1, 0.15) is 19.8 Å². The molecule has 1 aromatic heterocycles.